The largest absolute Gasteiger partial charge is 0.309 e. The Bertz CT molecular complexity index is 2790. The number of aromatic nitrogens is 3. The molecule has 234 valence electrons. The van der Waals surface area contributed by atoms with Gasteiger partial charge in [-0.1, -0.05) is 133 Å². The molecule has 10 rings (SSSR count). The van der Waals surface area contributed by atoms with Crippen LogP contribution in [-0.4, -0.2) is 14.1 Å². The second-order valence-electron chi connectivity index (χ2n) is 12.8. The van der Waals surface area contributed by atoms with Gasteiger partial charge >= 0.3 is 0 Å². The molecule has 50 heavy (non-hydrogen) atoms. The smallest absolute Gasteiger partial charge is 0.0736 e. The highest BCUT2D eigenvalue weighted by Gasteiger charge is 2.20. The van der Waals surface area contributed by atoms with Gasteiger partial charge in [0.05, 0.1) is 39.1 Å². The molecule has 3 aromatic heterocycles. The molecule has 0 aliphatic carbocycles. The van der Waals surface area contributed by atoms with Crippen LogP contribution in [0.1, 0.15) is 0 Å². The van der Waals surface area contributed by atoms with Crippen LogP contribution in [0.3, 0.4) is 0 Å². The van der Waals surface area contributed by atoms with E-state index in [1.54, 1.807) is 0 Å². The van der Waals surface area contributed by atoms with E-state index in [0.29, 0.717) is 0 Å². The molecule has 7 aromatic carbocycles. The highest BCUT2D eigenvalue weighted by atomic mass is 15.0. The van der Waals surface area contributed by atoms with Crippen LogP contribution < -0.4 is 0 Å². The molecule has 0 bridgehead atoms. The van der Waals surface area contributed by atoms with Gasteiger partial charge in [-0.25, -0.2) is 4.98 Å². The molecule has 0 radical (unpaired) electrons. The molecule has 0 N–H and O–H groups in total. The Kier molecular flexibility index (Phi) is 6.49. The molecule has 0 saturated heterocycles. The maximum atomic E-state index is 5.35. The second kappa shape index (κ2) is 11.5. The minimum atomic E-state index is 0.936. The van der Waals surface area contributed by atoms with Gasteiger partial charge in [0.2, 0.25) is 0 Å². The zero-order valence-corrected chi connectivity index (χ0v) is 27.2. The first-order chi connectivity index (χ1) is 24.8. The Morgan fingerprint density at radius 1 is 0.320 bits per heavy atom. The molecule has 0 fully saturated rings. The van der Waals surface area contributed by atoms with Crippen LogP contribution in [0.5, 0.6) is 0 Å². The van der Waals surface area contributed by atoms with Crippen LogP contribution in [0.15, 0.2) is 188 Å². The van der Waals surface area contributed by atoms with Gasteiger partial charge in [-0.2, -0.15) is 0 Å². The van der Waals surface area contributed by atoms with Crippen molar-refractivity contribution in [2.75, 3.05) is 0 Å². The van der Waals surface area contributed by atoms with Gasteiger partial charge in [0, 0.05) is 38.4 Å². The van der Waals surface area contributed by atoms with Crippen molar-refractivity contribution in [3.63, 3.8) is 0 Å². The number of hydrogen-bond donors (Lipinski definition) is 0. The third kappa shape index (κ3) is 4.48. The van der Waals surface area contributed by atoms with Gasteiger partial charge in [0.25, 0.3) is 0 Å². The minimum Gasteiger partial charge on any atom is -0.309 e. The molecule has 0 spiro atoms. The lowest BCUT2D eigenvalue weighted by Crippen LogP contribution is -1.99. The summed E-state index contributed by atoms with van der Waals surface area (Å²) in [6, 6.07) is 67.2. The summed E-state index contributed by atoms with van der Waals surface area (Å²) >= 11 is 0. The number of nitrogens with zero attached hydrogens (tertiary/aromatic N) is 3. The fraction of sp³-hybridized carbons (Fsp3) is 0. The van der Waals surface area contributed by atoms with Crippen molar-refractivity contribution in [1.29, 1.82) is 0 Å². The number of fused-ring (bicyclic) bond motifs is 6. The van der Waals surface area contributed by atoms with E-state index in [0.717, 1.165) is 45.0 Å². The predicted octanol–water partition coefficient (Wildman–Crippen LogP) is 12.3. The molecule has 3 heteroatoms. The summed E-state index contributed by atoms with van der Waals surface area (Å²) in [6.45, 7) is 0. The lowest BCUT2D eigenvalue weighted by atomic mass is 9.99. The van der Waals surface area contributed by atoms with Gasteiger partial charge < -0.3 is 9.13 Å². The monoisotopic (exact) mass is 637 g/mol. The quantitative estimate of drug-likeness (QED) is 0.184. The Morgan fingerprint density at radius 3 is 1.54 bits per heavy atom. The van der Waals surface area contributed by atoms with Crippen molar-refractivity contribution in [1.82, 2.24) is 14.1 Å². The standard InChI is InChI=1S/C47H31N3/c1-4-16-32(17-5-1)34-28-41(33-18-6-2-7-19-33)48-42(29-34)38-24-12-15-27-45(38)50-44-26-14-11-23-37(44)40-30-39-36-22-10-13-25-43(36)49(46(39)31-47(40)50)35-20-8-3-9-21-35/h1-31H. The van der Waals surface area contributed by atoms with Gasteiger partial charge in [0.15, 0.2) is 0 Å². The van der Waals surface area contributed by atoms with E-state index in [1.807, 2.05) is 0 Å². The average Bonchev–Trinajstić information content (AvgIpc) is 3.70. The van der Waals surface area contributed by atoms with E-state index in [-0.39, 0.29) is 0 Å². The average molecular weight is 638 g/mol. The summed E-state index contributed by atoms with van der Waals surface area (Å²) in [4.78, 5) is 5.35. The molecule has 10 aromatic rings. The number of rotatable bonds is 5. The summed E-state index contributed by atoms with van der Waals surface area (Å²) in [6.07, 6.45) is 0. The van der Waals surface area contributed by atoms with Gasteiger partial charge in [-0.05, 0) is 65.7 Å². The summed E-state index contributed by atoms with van der Waals surface area (Å²) in [5, 5.41) is 4.96. The lowest BCUT2D eigenvalue weighted by Gasteiger charge is -2.16. The number of hydrogen-bond acceptors (Lipinski definition) is 1. The molecule has 0 saturated carbocycles. The van der Waals surface area contributed by atoms with Crippen molar-refractivity contribution in [3.8, 4) is 45.0 Å². The number of benzene rings is 7. The normalized spacial score (nSPS) is 11.6. The van der Waals surface area contributed by atoms with Crippen molar-refractivity contribution in [2.24, 2.45) is 0 Å². The SMILES string of the molecule is c1ccc(-c2cc(-c3ccccc3)nc(-c3ccccc3-n3c4ccccc4c4cc5c6ccccc6n(-c6ccccc6)c5cc43)c2)cc1. The summed E-state index contributed by atoms with van der Waals surface area (Å²) < 4.78 is 4.83. The third-order valence-corrected chi connectivity index (χ3v) is 9.90. The molecule has 0 amide bonds. The maximum Gasteiger partial charge on any atom is 0.0736 e. The maximum absolute atomic E-state index is 5.35. The van der Waals surface area contributed by atoms with E-state index in [2.05, 4.69) is 197 Å². The van der Waals surface area contributed by atoms with Crippen LogP contribution in [-0.2, 0) is 0 Å². The van der Waals surface area contributed by atoms with E-state index >= 15 is 0 Å². The minimum absolute atomic E-state index is 0.936. The highest BCUT2D eigenvalue weighted by Crippen LogP contribution is 2.41. The van der Waals surface area contributed by atoms with Crippen LogP contribution in [0.2, 0.25) is 0 Å². The fourth-order valence-electron chi connectivity index (χ4n) is 7.65. The summed E-state index contributed by atoms with van der Waals surface area (Å²) in [7, 11) is 0. The van der Waals surface area contributed by atoms with Crippen LogP contribution in [0, 0.1) is 0 Å². The predicted molar refractivity (Wildman–Crippen MR) is 209 cm³/mol. The molecule has 0 unspecified atom stereocenters. The van der Waals surface area contributed by atoms with Crippen molar-refractivity contribution in [2.45, 2.75) is 0 Å². The zero-order valence-electron chi connectivity index (χ0n) is 27.2. The van der Waals surface area contributed by atoms with Crippen LogP contribution in [0.4, 0.5) is 0 Å². The molecular weight excluding hydrogens is 607 g/mol. The molecule has 0 aliphatic rings. The van der Waals surface area contributed by atoms with E-state index in [1.165, 1.54) is 43.7 Å². The first-order valence-electron chi connectivity index (χ1n) is 17.1. The third-order valence-electron chi connectivity index (χ3n) is 9.90. The fourth-order valence-corrected chi connectivity index (χ4v) is 7.65. The summed E-state index contributed by atoms with van der Waals surface area (Å²) in [5.74, 6) is 0. The second-order valence-corrected chi connectivity index (χ2v) is 12.8. The first kappa shape index (κ1) is 28.3. The first-order valence-corrected chi connectivity index (χ1v) is 17.1. The zero-order chi connectivity index (χ0) is 33.0. The van der Waals surface area contributed by atoms with E-state index in [9.17, 15) is 0 Å². The highest BCUT2D eigenvalue weighted by molar-refractivity contribution is 6.19. The van der Waals surface area contributed by atoms with Crippen molar-refractivity contribution < 1.29 is 0 Å². The molecular formula is C47H31N3. The Labute approximate surface area is 290 Å². The lowest BCUT2D eigenvalue weighted by molar-refractivity contribution is 1.16. The van der Waals surface area contributed by atoms with Crippen molar-refractivity contribution in [3.05, 3.63) is 188 Å². The summed E-state index contributed by atoms with van der Waals surface area (Å²) in [5.41, 5.74) is 13.3. The Balaban J connectivity index is 1.28. The molecule has 0 aliphatic heterocycles. The van der Waals surface area contributed by atoms with Crippen molar-refractivity contribution >= 4 is 43.6 Å². The van der Waals surface area contributed by atoms with E-state index in [4.69, 9.17) is 4.98 Å². The number of para-hydroxylation sites is 4. The molecule has 3 nitrogen and oxygen atoms in total. The molecule has 0 atom stereocenters. The van der Waals surface area contributed by atoms with Gasteiger partial charge in [-0.3, -0.25) is 0 Å². The molecule has 3 heterocycles. The Hall–Kier alpha value is -6.71. The van der Waals surface area contributed by atoms with Gasteiger partial charge in [0.1, 0.15) is 0 Å². The van der Waals surface area contributed by atoms with Crippen LogP contribution >= 0.6 is 0 Å². The van der Waals surface area contributed by atoms with E-state index < -0.39 is 0 Å². The Morgan fingerprint density at radius 2 is 0.840 bits per heavy atom. The topological polar surface area (TPSA) is 22.8 Å². The van der Waals surface area contributed by atoms with Gasteiger partial charge in [-0.15, -0.1) is 0 Å². The number of pyridine rings is 1. The van der Waals surface area contributed by atoms with Crippen LogP contribution in [0.25, 0.3) is 88.6 Å².